The largest absolute Gasteiger partial charge is 0.462 e. The first-order valence-corrected chi connectivity index (χ1v) is 30.5. The minimum absolute atomic E-state index is 0.0735. The van der Waals surface area contributed by atoms with Crippen LogP contribution in [0.5, 0.6) is 0 Å². The molecule has 0 aliphatic carbocycles. The lowest BCUT2D eigenvalue weighted by atomic mass is 10.0. The highest BCUT2D eigenvalue weighted by atomic mass is 16.6. The number of carbonyl (C=O) groups excluding carboxylic acids is 3. The third-order valence-electron chi connectivity index (χ3n) is 13.6. The first-order chi connectivity index (χ1) is 34.0. The summed E-state index contributed by atoms with van der Waals surface area (Å²) < 4.78 is 16.9. The van der Waals surface area contributed by atoms with Crippen LogP contribution in [0.2, 0.25) is 0 Å². The molecule has 0 radical (unpaired) electrons. The Bertz CT molecular complexity index is 1160. The first-order valence-electron chi connectivity index (χ1n) is 30.5. The number of ether oxygens (including phenoxy) is 3. The molecule has 404 valence electrons. The average molecular weight is 970 g/mol. The number of unbranched alkanes of at least 4 members (excludes halogenated alkanes) is 39. The van der Waals surface area contributed by atoms with E-state index in [2.05, 4.69) is 57.2 Å². The molecule has 0 N–H and O–H groups in total. The fraction of sp³-hybridized carbons (Fsp3) is 0.857. The molecule has 0 aromatic rings. The van der Waals surface area contributed by atoms with Crippen LogP contribution in [0.3, 0.4) is 0 Å². The molecule has 0 amide bonds. The maximum Gasteiger partial charge on any atom is 0.306 e. The monoisotopic (exact) mass is 969 g/mol. The Balaban J connectivity index is 4.24. The molecule has 0 saturated heterocycles. The zero-order valence-electron chi connectivity index (χ0n) is 46.3. The van der Waals surface area contributed by atoms with Crippen LogP contribution < -0.4 is 0 Å². The minimum atomic E-state index is -0.774. The van der Waals surface area contributed by atoms with Crippen molar-refractivity contribution >= 4 is 17.9 Å². The second kappa shape index (κ2) is 58.2. The van der Waals surface area contributed by atoms with E-state index in [-0.39, 0.29) is 31.1 Å². The molecule has 0 fully saturated rings. The van der Waals surface area contributed by atoms with Crippen LogP contribution in [0.4, 0.5) is 0 Å². The summed E-state index contributed by atoms with van der Waals surface area (Å²) in [4.78, 5) is 38.1. The predicted octanol–water partition coefficient (Wildman–Crippen LogP) is 20.4. The topological polar surface area (TPSA) is 78.9 Å². The Kier molecular flexibility index (Phi) is 56.2. The van der Waals surface area contributed by atoms with E-state index in [4.69, 9.17) is 14.2 Å². The highest BCUT2D eigenvalue weighted by molar-refractivity contribution is 5.71. The molecule has 0 aromatic heterocycles. The van der Waals surface area contributed by atoms with Gasteiger partial charge in [0.15, 0.2) is 6.10 Å². The number of esters is 3. The van der Waals surface area contributed by atoms with Gasteiger partial charge in [0.1, 0.15) is 13.2 Å². The summed E-state index contributed by atoms with van der Waals surface area (Å²) >= 11 is 0. The fourth-order valence-electron chi connectivity index (χ4n) is 9.01. The number of hydrogen-bond donors (Lipinski definition) is 0. The zero-order valence-corrected chi connectivity index (χ0v) is 46.3. The first kappa shape index (κ1) is 66.6. The van der Waals surface area contributed by atoms with Crippen molar-refractivity contribution in [1.29, 1.82) is 0 Å². The molecule has 0 saturated carbocycles. The molecule has 1 atom stereocenters. The molecule has 0 heterocycles. The Labute approximate surface area is 429 Å². The van der Waals surface area contributed by atoms with Crippen LogP contribution in [0.1, 0.15) is 329 Å². The third-order valence-corrected chi connectivity index (χ3v) is 13.6. The molecule has 6 heteroatoms. The summed E-state index contributed by atoms with van der Waals surface area (Å²) in [6, 6.07) is 0. The van der Waals surface area contributed by atoms with Crippen molar-refractivity contribution in [3.63, 3.8) is 0 Å². The fourth-order valence-corrected chi connectivity index (χ4v) is 9.01. The Morgan fingerprint density at radius 1 is 0.290 bits per heavy atom. The molecule has 0 aliphatic rings. The average Bonchev–Trinajstić information content (AvgIpc) is 3.35. The van der Waals surface area contributed by atoms with E-state index in [1.54, 1.807) is 0 Å². The summed E-state index contributed by atoms with van der Waals surface area (Å²) in [5.74, 6) is -0.869. The van der Waals surface area contributed by atoms with Gasteiger partial charge in [-0.3, -0.25) is 14.4 Å². The van der Waals surface area contributed by atoms with Crippen molar-refractivity contribution in [3.8, 4) is 0 Å². The lowest BCUT2D eigenvalue weighted by molar-refractivity contribution is -0.167. The van der Waals surface area contributed by atoms with Crippen LogP contribution in [0.25, 0.3) is 0 Å². The standard InChI is InChI=1S/C63H116O6/c1-4-7-10-13-16-19-22-24-26-28-30-32-34-35-37-39-41-44-47-50-53-56-62(65)68-59-60(58-67-61(64)55-52-49-46-43-21-18-15-12-9-6-3)69-63(66)57-54-51-48-45-42-40-38-36-33-31-29-27-25-23-20-17-14-11-8-5-2/h12,15,22,24,28,30,60H,4-11,13-14,16-21,23,25-27,29,31-59H2,1-3H3/b15-12-,24-22-,30-28-. The predicted molar refractivity (Wildman–Crippen MR) is 298 cm³/mol. The Hall–Kier alpha value is -2.37. The van der Waals surface area contributed by atoms with Crippen LogP contribution in [-0.4, -0.2) is 37.2 Å². The van der Waals surface area contributed by atoms with Crippen molar-refractivity contribution < 1.29 is 28.6 Å². The van der Waals surface area contributed by atoms with E-state index >= 15 is 0 Å². The molecular weight excluding hydrogens is 853 g/mol. The molecule has 0 aliphatic heterocycles. The molecule has 0 spiro atoms. The van der Waals surface area contributed by atoms with Gasteiger partial charge in [-0.2, -0.15) is 0 Å². The van der Waals surface area contributed by atoms with E-state index in [1.165, 1.54) is 212 Å². The lowest BCUT2D eigenvalue weighted by Gasteiger charge is -2.18. The van der Waals surface area contributed by atoms with E-state index in [0.29, 0.717) is 19.3 Å². The van der Waals surface area contributed by atoms with E-state index in [1.807, 2.05) is 0 Å². The highest BCUT2D eigenvalue weighted by Crippen LogP contribution is 2.17. The van der Waals surface area contributed by atoms with Gasteiger partial charge in [0.25, 0.3) is 0 Å². The summed E-state index contributed by atoms with van der Waals surface area (Å²) in [5.41, 5.74) is 0. The van der Waals surface area contributed by atoms with Gasteiger partial charge in [-0.05, 0) is 70.6 Å². The molecule has 0 aromatic carbocycles. The van der Waals surface area contributed by atoms with E-state index in [9.17, 15) is 14.4 Å². The van der Waals surface area contributed by atoms with Crippen LogP contribution in [-0.2, 0) is 28.6 Å². The van der Waals surface area contributed by atoms with Crippen molar-refractivity contribution in [2.45, 2.75) is 335 Å². The van der Waals surface area contributed by atoms with Gasteiger partial charge in [0.2, 0.25) is 0 Å². The van der Waals surface area contributed by atoms with Gasteiger partial charge >= 0.3 is 17.9 Å². The van der Waals surface area contributed by atoms with E-state index < -0.39 is 6.10 Å². The van der Waals surface area contributed by atoms with Gasteiger partial charge in [-0.15, -0.1) is 0 Å². The van der Waals surface area contributed by atoms with Gasteiger partial charge in [0, 0.05) is 19.3 Å². The van der Waals surface area contributed by atoms with Crippen LogP contribution >= 0.6 is 0 Å². The van der Waals surface area contributed by atoms with Crippen molar-refractivity contribution in [2.75, 3.05) is 13.2 Å². The Morgan fingerprint density at radius 3 is 0.870 bits per heavy atom. The molecule has 0 rings (SSSR count). The molecule has 1 unspecified atom stereocenters. The van der Waals surface area contributed by atoms with Crippen molar-refractivity contribution in [3.05, 3.63) is 36.5 Å². The summed E-state index contributed by atoms with van der Waals surface area (Å²) in [6.45, 7) is 6.61. The SMILES string of the molecule is CCC/C=C\CCCCCCCC(=O)OCC(COC(=O)CCCCCCCCCCC/C=C\C/C=C\CCCCCCC)OC(=O)CCCCCCCCCCCCCCCCCCCCCC. The second-order valence-electron chi connectivity index (χ2n) is 20.6. The number of rotatable bonds is 56. The third kappa shape index (κ3) is 56.4. The van der Waals surface area contributed by atoms with Gasteiger partial charge in [0.05, 0.1) is 0 Å². The number of hydrogen-bond acceptors (Lipinski definition) is 6. The van der Waals surface area contributed by atoms with Crippen LogP contribution in [0, 0.1) is 0 Å². The van der Waals surface area contributed by atoms with Gasteiger partial charge in [-0.1, -0.05) is 276 Å². The smallest absolute Gasteiger partial charge is 0.306 e. The molecular formula is C63H116O6. The number of allylic oxidation sites excluding steroid dienone is 6. The highest BCUT2D eigenvalue weighted by Gasteiger charge is 2.19. The normalized spacial score (nSPS) is 12.2. The lowest BCUT2D eigenvalue weighted by Crippen LogP contribution is -2.30. The quantitative estimate of drug-likeness (QED) is 0.0261. The van der Waals surface area contributed by atoms with E-state index in [0.717, 1.165) is 77.0 Å². The molecule has 0 bridgehead atoms. The summed E-state index contributed by atoms with van der Waals surface area (Å²) in [7, 11) is 0. The zero-order chi connectivity index (χ0) is 50.0. The minimum Gasteiger partial charge on any atom is -0.462 e. The van der Waals surface area contributed by atoms with Crippen molar-refractivity contribution in [1.82, 2.24) is 0 Å². The maximum absolute atomic E-state index is 12.9. The van der Waals surface area contributed by atoms with Gasteiger partial charge in [-0.25, -0.2) is 0 Å². The Morgan fingerprint density at radius 2 is 0.551 bits per heavy atom. The van der Waals surface area contributed by atoms with Gasteiger partial charge < -0.3 is 14.2 Å². The number of carbonyl (C=O) groups is 3. The van der Waals surface area contributed by atoms with Crippen molar-refractivity contribution in [2.24, 2.45) is 0 Å². The summed E-state index contributed by atoms with van der Waals surface area (Å²) in [6.07, 6.45) is 70.1. The van der Waals surface area contributed by atoms with Crippen LogP contribution in [0.15, 0.2) is 36.5 Å². The molecule has 6 nitrogen and oxygen atoms in total. The molecule has 69 heavy (non-hydrogen) atoms. The summed E-state index contributed by atoms with van der Waals surface area (Å²) in [5, 5.41) is 0. The second-order valence-corrected chi connectivity index (χ2v) is 20.6. The maximum atomic E-state index is 12.9.